The van der Waals surface area contributed by atoms with Gasteiger partial charge in [-0.1, -0.05) is 72.6 Å². The molecule has 0 rings (SSSR count). The van der Waals surface area contributed by atoms with E-state index in [4.69, 9.17) is 4.55 Å². The molecule has 0 radical (unpaired) electrons. The van der Waals surface area contributed by atoms with Crippen LogP contribution >= 0.6 is 0 Å². The fraction of sp³-hybridized carbons (Fsp3) is 1.00. The van der Waals surface area contributed by atoms with Crippen molar-refractivity contribution in [3.63, 3.8) is 0 Å². The summed E-state index contributed by atoms with van der Waals surface area (Å²) < 4.78 is 31.3. The quantitative estimate of drug-likeness (QED) is 0.189. The first kappa shape index (κ1) is 26.9. The molecule has 2 unspecified atom stereocenters. The SMILES string of the molecule is CCC(CCCC(C)CCCC(C)C)CC[N+](C)(C)CCCCS(=O)(=O)O. The van der Waals surface area contributed by atoms with Crippen molar-refractivity contribution in [2.24, 2.45) is 17.8 Å². The predicted molar refractivity (Wildman–Crippen MR) is 118 cm³/mol. The molecule has 0 bridgehead atoms. The molecule has 0 aliphatic heterocycles. The average Bonchev–Trinajstić information content (AvgIpc) is 2.53. The molecule has 5 heteroatoms. The van der Waals surface area contributed by atoms with E-state index in [1.54, 1.807) is 0 Å². The van der Waals surface area contributed by atoms with Gasteiger partial charge in [-0.05, 0) is 37.0 Å². The summed E-state index contributed by atoms with van der Waals surface area (Å²) in [7, 11) is 0.660. The van der Waals surface area contributed by atoms with Crippen LogP contribution in [0.25, 0.3) is 0 Å². The van der Waals surface area contributed by atoms with E-state index in [1.807, 2.05) is 0 Å². The van der Waals surface area contributed by atoms with Crippen molar-refractivity contribution >= 4 is 10.1 Å². The second-order valence-electron chi connectivity index (χ2n) is 9.80. The summed E-state index contributed by atoms with van der Waals surface area (Å²) in [5, 5.41) is 0. The van der Waals surface area contributed by atoms with Gasteiger partial charge in [-0.15, -0.1) is 0 Å². The Morgan fingerprint density at radius 3 is 1.93 bits per heavy atom. The molecule has 27 heavy (non-hydrogen) atoms. The Morgan fingerprint density at radius 1 is 0.815 bits per heavy atom. The second-order valence-corrected chi connectivity index (χ2v) is 11.4. The van der Waals surface area contributed by atoms with E-state index in [2.05, 4.69) is 41.8 Å². The molecule has 1 N–H and O–H groups in total. The molecule has 0 fully saturated rings. The van der Waals surface area contributed by atoms with Crippen LogP contribution in [0.15, 0.2) is 0 Å². The standard InChI is InChI=1S/C22H47NO3S/c1-7-22(15-11-14-21(4)13-10-12-20(2)3)16-18-23(5,6)17-8-9-19-27(24,25)26/h20-22H,7-19H2,1-6H3/p+1. The molecular weight excluding hydrogens is 358 g/mol. The molecule has 0 spiro atoms. The highest BCUT2D eigenvalue weighted by Crippen LogP contribution is 2.23. The summed E-state index contributed by atoms with van der Waals surface area (Å²) in [6, 6.07) is 0. The molecule has 0 aliphatic carbocycles. The molecule has 0 aromatic rings. The van der Waals surface area contributed by atoms with Crippen molar-refractivity contribution in [2.45, 2.75) is 91.9 Å². The normalized spacial score (nSPS) is 15.3. The number of hydrogen-bond acceptors (Lipinski definition) is 2. The second kappa shape index (κ2) is 13.9. The van der Waals surface area contributed by atoms with E-state index in [1.165, 1.54) is 51.4 Å². The maximum Gasteiger partial charge on any atom is 0.264 e. The number of unbranched alkanes of at least 4 members (excludes halogenated alkanes) is 1. The van der Waals surface area contributed by atoms with Gasteiger partial charge in [-0.25, -0.2) is 0 Å². The van der Waals surface area contributed by atoms with Crippen molar-refractivity contribution in [3.8, 4) is 0 Å². The van der Waals surface area contributed by atoms with E-state index in [0.717, 1.165) is 41.7 Å². The van der Waals surface area contributed by atoms with E-state index in [-0.39, 0.29) is 5.75 Å². The first-order valence-corrected chi connectivity index (χ1v) is 12.8. The minimum Gasteiger partial charge on any atom is -0.328 e. The van der Waals surface area contributed by atoms with Gasteiger partial charge in [0.2, 0.25) is 0 Å². The zero-order valence-electron chi connectivity index (χ0n) is 19.0. The Balaban J connectivity index is 3.97. The van der Waals surface area contributed by atoms with Gasteiger partial charge in [0, 0.05) is 0 Å². The third kappa shape index (κ3) is 17.7. The van der Waals surface area contributed by atoms with Gasteiger partial charge in [0.05, 0.1) is 32.9 Å². The summed E-state index contributed by atoms with van der Waals surface area (Å²) in [5.74, 6) is 2.38. The maximum absolute atomic E-state index is 10.8. The van der Waals surface area contributed by atoms with Crippen LogP contribution < -0.4 is 0 Å². The molecule has 0 saturated heterocycles. The maximum atomic E-state index is 10.8. The first-order valence-electron chi connectivity index (χ1n) is 11.2. The van der Waals surface area contributed by atoms with Crippen LogP contribution in [0.2, 0.25) is 0 Å². The van der Waals surface area contributed by atoms with Crippen LogP contribution in [0.4, 0.5) is 0 Å². The lowest BCUT2D eigenvalue weighted by atomic mass is 9.90. The average molecular weight is 407 g/mol. The van der Waals surface area contributed by atoms with E-state index in [0.29, 0.717) is 6.42 Å². The molecule has 0 heterocycles. The van der Waals surface area contributed by atoms with Gasteiger partial charge in [-0.3, -0.25) is 4.55 Å². The minimum absolute atomic E-state index is 0.111. The fourth-order valence-corrected chi connectivity index (χ4v) is 4.36. The molecule has 164 valence electrons. The first-order chi connectivity index (χ1) is 12.4. The topological polar surface area (TPSA) is 54.4 Å². The lowest BCUT2D eigenvalue weighted by Crippen LogP contribution is -2.42. The number of rotatable bonds is 17. The third-order valence-corrected chi connectivity index (χ3v) is 6.73. The van der Waals surface area contributed by atoms with E-state index in [9.17, 15) is 8.42 Å². The molecule has 4 nitrogen and oxygen atoms in total. The zero-order chi connectivity index (χ0) is 20.9. The monoisotopic (exact) mass is 406 g/mol. The van der Waals surface area contributed by atoms with Gasteiger partial charge in [0.25, 0.3) is 10.1 Å². The molecule has 0 amide bonds. The Kier molecular flexibility index (Phi) is 13.9. The minimum atomic E-state index is -3.81. The van der Waals surface area contributed by atoms with Crippen molar-refractivity contribution < 1.29 is 17.5 Å². The van der Waals surface area contributed by atoms with Crippen LogP contribution in [0.5, 0.6) is 0 Å². The highest BCUT2D eigenvalue weighted by atomic mass is 32.2. The summed E-state index contributed by atoms with van der Waals surface area (Å²) in [6.07, 6.45) is 12.1. The highest BCUT2D eigenvalue weighted by molar-refractivity contribution is 7.85. The fourth-order valence-electron chi connectivity index (χ4n) is 3.79. The summed E-state index contributed by atoms with van der Waals surface area (Å²) in [6.45, 7) is 11.5. The number of nitrogens with zero attached hydrogens (tertiary/aromatic N) is 1. The molecule has 0 aromatic heterocycles. The Bertz CT molecular complexity index is 460. The highest BCUT2D eigenvalue weighted by Gasteiger charge is 2.18. The summed E-state index contributed by atoms with van der Waals surface area (Å²) in [5.41, 5.74) is 0. The van der Waals surface area contributed by atoms with E-state index < -0.39 is 10.1 Å². The number of quaternary nitrogens is 1. The van der Waals surface area contributed by atoms with Crippen molar-refractivity contribution in [1.82, 2.24) is 0 Å². The van der Waals surface area contributed by atoms with E-state index >= 15 is 0 Å². The summed E-state index contributed by atoms with van der Waals surface area (Å²) in [4.78, 5) is 0. The van der Waals surface area contributed by atoms with Crippen molar-refractivity contribution in [3.05, 3.63) is 0 Å². The molecule has 0 aromatic carbocycles. The van der Waals surface area contributed by atoms with Crippen LogP contribution in [-0.2, 0) is 10.1 Å². The molecular formula is C22H48NO3S+. The van der Waals surface area contributed by atoms with Gasteiger partial charge in [0.1, 0.15) is 0 Å². The Labute approximate surface area is 170 Å². The number of hydrogen-bond donors (Lipinski definition) is 1. The smallest absolute Gasteiger partial charge is 0.264 e. The lowest BCUT2D eigenvalue weighted by molar-refractivity contribution is -0.891. The van der Waals surface area contributed by atoms with Gasteiger partial charge in [-0.2, -0.15) is 8.42 Å². The van der Waals surface area contributed by atoms with Gasteiger partial charge in [0.15, 0.2) is 0 Å². The molecule has 2 atom stereocenters. The third-order valence-electron chi connectivity index (χ3n) is 5.92. The zero-order valence-corrected chi connectivity index (χ0v) is 19.9. The Hall–Kier alpha value is -0.130. The largest absolute Gasteiger partial charge is 0.328 e. The van der Waals surface area contributed by atoms with Gasteiger partial charge < -0.3 is 4.48 Å². The van der Waals surface area contributed by atoms with Crippen LogP contribution in [-0.4, -0.2) is 50.4 Å². The van der Waals surface area contributed by atoms with Gasteiger partial charge >= 0.3 is 0 Å². The summed E-state index contributed by atoms with van der Waals surface area (Å²) >= 11 is 0. The molecule has 0 aliphatic rings. The van der Waals surface area contributed by atoms with Crippen LogP contribution in [0.3, 0.4) is 0 Å². The lowest BCUT2D eigenvalue weighted by Gasteiger charge is -2.31. The van der Waals surface area contributed by atoms with Crippen molar-refractivity contribution in [1.29, 1.82) is 0 Å². The molecule has 0 saturated carbocycles. The Morgan fingerprint density at radius 2 is 1.41 bits per heavy atom. The van der Waals surface area contributed by atoms with Crippen LogP contribution in [0, 0.1) is 17.8 Å². The predicted octanol–water partition coefficient (Wildman–Crippen LogP) is 5.78. The van der Waals surface area contributed by atoms with Crippen molar-refractivity contribution in [2.75, 3.05) is 32.9 Å². The van der Waals surface area contributed by atoms with Crippen LogP contribution in [0.1, 0.15) is 91.9 Å².